The van der Waals surface area contributed by atoms with Gasteiger partial charge in [0.25, 0.3) is 0 Å². The normalized spacial score (nSPS) is 21.4. The number of pyridine rings is 1. The molecule has 1 fully saturated rings. The predicted octanol–water partition coefficient (Wildman–Crippen LogP) is 1.56. The van der Waals surface area contributed by atoms with Crippen molar-refractivity contribution in [3.63, 3.8) is 0 Å². The molecule has 3 rings (SSSR count). The first-order chi connectivity index (χ1) is 7.83. The van der Waals surface area contributed by atoms with Gasteiger partial charge in [0.05, 0.1) is 6.20 Å². The van der Waals surface area contributed by atoms with E-state index in [0.29, 0.717) is 17.1 Å². The van der Waals surface area contributed by atoms with E-state index in [1.54, 1.807) is 0 Å². The molecule has 3 heterocycles. The number of rotatable bonds is 1. The first-order valence-corrected chi connectivity index (χ1v) is 5.55. The zero-order valence-corrected chi connectivity index (χ0v) is 8.83. The molecule has 2 aromatic rings. The minimum absolute atomic E-state index is 0.340. The Hall–Kier alpha value is -1.49. The van der Waals surface area contributed by atoms with Gasteiger partial charge in [-0.05, 0) is 19.4 Å². The lowest BCUT2D eigenvalue weighted by molar-refractivity contribution is 0.449. The third-order valence-electron chi connectivity index (χ3n) is 3.01. The van der Waals surface area contributed by atoms with Gasteiger partial charge in [-0.2, -0.15) is 0 Å². The van der Waals surface area contributed by atoms with E-state index in [1.165, 1.54) is 12.3 Å². The topological polar surface area (TPSA) is 53.6 Å². The number of piperidine rings is 1. The highest BCUT2D eigenvalue weighted by Gasteiger charge is 2.18. The lowest BCUT2D eigenvalue weighted by Crippen LogP contribution is -2.28. The molecule has 0 spiro atoms. The van der Waals surface area contributed by atoms with Crippen LogP contribution in [0.25, 0.3) is 11.2 Å². The van der Waals surface area contributed by atoms with Crippen LogP contribution >= 0.6 is 0 Å². The lowest BCUT2D eigenvalue weighted by Gasteiger charge is -2.20. The molecule has 5 heteroatoms. The van der Waals surface area contributed by atoms with E-state index < -0.39 is 0 Å². The molecule has 2 N–H and O–H groups in total. The summed E-state index contributed by atoms with van der Waals surface area (Å²) in [5, 5.41) is 3.33. The van der Waals surface area contributed by atoms with Gasteiger partial charge in [-0.3, -0.25) is 0 Å². The Kier molecular flexibility index (Phi) is 2.32. The molecule has 0 saturated carbocycles. The van der Waals surface area contributed by atoms with Crippen LogP contribution in [-0.4, -0.2) is 28.0 Å². The smallest absolute Gasteiger partial charge is 0.157 e. The molecule has 2 aromatic heterocycles. The number of aromatic amines is 1. The van der Waals surface area contributed by atoms with Crippen molar-refractivity contribution in [2.75, 3.05) is 13.1 Å². The Morgan fingerprint density at radius 1 is 1.44 bits per heavy atom. The van der Waals surface area contributed by atoms with Crippen LogP contribution in [0.2, 0.25) is 0 Å². The molecular weight excluding hydrogens is 207 g/mol. The lowest BCUT2D eigenvalue weighted by atomic mass is 9.99. The third kappa shape index (κ3) is 1.67. The summed E-state index contributed by atoms with van der Waals surface area (Å²) in [6.45, 7) is 2.01. The van der Waals surface area contributed by atoms with Crippen molar-refractivity contribution < 1.29 is 4.39 Å². The Bertz CT molecular complexity index is 502. The first-order valence-electron chi connectivity index (χ1n) is 5.55. The van der Waals surface area contributed by atoms with E-state index in [4.69, 9.17) is 0 Å². The fourth-order valence-corrected chi connectivity index (χ4v) is 2.17. The average Bonchev–Trinajstić information content (AvgIpc) is 2.73. The highest BCUT2D eigenvalue weighted by molar-refractivity contribution is 5.70. The van der Waals surface area contributed by atoms with E-state index >= 15 is 0 Å². The van der Waals surface area contributed by atoms with Gasteiger partial charge >= 0.3 is 0 Å². The maximum Gasteiger partial charge on any atom is 0.157 e. The largest absolute Gasteiger partial charge is 0.326 e. The van der Waals surface area contributed by atoms with Crippen LogP contribution < -0.4 is 5.32 Å². The minimum Gasteiger partial charge on any atom is -0.326 e. The molecule has 4 nitrogen and oxygen atoms in total. The fourth-order valence-electron chi connectivity index (χ4n) is 2.17. The van der Waals surface area contributed by atoms with Crippen molar-refractivity contribution in [2.24, 2.45) is 0 Å². The van der Waals surface area contributed by atoms with Gasteiger partial charge < -0.3 is 10.3 Å². The number of nitrogens with one attached hydrogen (secondary N) is 2. The number of imidazole rings is 1. The second-order valence-electron chi connectivity index (χ2n) is 4.19. The summed E-state index contributed by atoms with van der Waals surface area (Å²) in [7, 11) is 0. The molecule has 0 amide bonds. The predicted molar refractivity (Wildman–Crippen MR) is 58.7 cm³/mol. The van der Waals surface area contributed by atoms with Crippen molar-refractivity contribution in [1.29, 1.82) is 0 Å². The molecule has 1 aliphatic heterocycles. The Labute approximate surface area is 92.3 Å². The SMILES string of the molecule is Fc1cnc2[nH]c(C3CCCNC3)nc2c1. The van der Waals surface area contributed by atoms with Crippen LogP contribution in [0.4, 0.5) is 4.39 Å². The Balaban J connectivity index is 1.97. The Morgan fingerprint density at radius 3 is 3.19 bits per heavy atom. The molecule has 16 heavy (non-hydrogen) atoms. The molecule has 0 radical (unpaired) electrons. The highest BCUT2D eigenvalue weighted by atomic mass is 19.1. The molecule has 84 valence electrons. The van der Waals surface area contributed by atoms with Crippen LogP contribution in [0.3, 0.4) is 0 Å². The van der Waals surface area contributed by atoms with Gasteiger partial charge in [0.1, 0.15) is 17.2 Å². The number of aromatic nitrogens is 3. The second kappa shape index (κ2) is 3.83. The molecular formula is C11H13FN4. The summed E-state index contributed by atoms with van der Waals surface area (Å²) in [5.41, 5.74) is 1.28. The number of fused-ring (bicyclic) bond motifs is 1. The van der Waals surface area contributed by atoms with Gasteiger partial charge in [0, 0.05) is 18.5 Å². The van der Waals surface area contributed by atoms with E-state index in [9.17, 15) is 4.39 Å². The zero-order valence-electron chi connectivity index (χ0n) is 8.83. The van der Waals surface area contributed by atoms with Gasteiger partial charge in [-0.1, -0.05) is 0 Å². The van der Waals surface area contributed by atoms with Crippen LogP contribution in [0.15, 0.2) is 12.3 Å². The molecule has 0 aromatic carbocycles. The summed E-state index contributed by atoms with van der Waals surface area (Å²) in [6, 6.07) is 1.42. The Morgan fingerprint density at radius 2 is 2.38 bits per heavy atom. The summed E-state index contributed by atoms with van der Waals surface area (Å²) in [5.74, 6) is 0.971. The standard InChI is InChI=1S/C11H13FN4/c12-8-4-9-11(14-6-8)16-10(15-9)7-2-1-3-13-5-7/h4,6-7,13H,1-3,5H2,(H,14,15,16). The maximum absolute atomic E-state index is 13.0. The van der Waals surface area contributed by atoms with Gasteiger partial charge in [-0.15, -0.1) is 0 Å². The van der Waals surface area contributed by atoms with Crippen molar-refractivity contribution in [2.45, 2.75) is 18.8 Å². The quantitative estimate of drug-likeness (QED) is 0.767. The number of hydrogen-bond acceptors (Lipinski definition) is 3. The number of hydrogen-bond donors (Lipinski definition) is 2. The molecule has 0 bridgehead atoms. The van der Waals surface area contributed by atoms with E-state index in [1.807, 2.05) is 0 Å². The van der Waals surface area contributed by atoms with Crippen molar-refractivity contribution in [3.8, 4) is 0 Å². The van der Waals surface area contributed by atoms with Crippen LogP contribution in [-0.2, 0) is 0 Å². The molecule has 1 saturated heterocycles. The summed E-state index contributed by atoms with van der Waals surface area (Å²) >= 11 is 0. The van der Waals surface area contributed by atoms with Crippen molar-refractivity contribution >= 4 is 11.2 Å². The number of nitrogens with zero attached hydrogens (tertiary/aromatic N) is 2. The third-order valence-corrected chi connectivity index (χ3v) is 3.01. The summed E-state index contributed by atoms with van der Waals surface area (Å²) < 4.78 is 13.0. The summed E-state index contributed by atoms with van der Waals surface area (Å²) in [4.78, 5) is 11.5. The van der Waals surface area contributed by atoms with Crippen LogP contribution in [0.5, 0.6) is 0 Å². The molecule has 1 atom stereocenters. The van der Waals surface area contributed by atoms with E-state index in [-0.39, 0.29) is 5.82 Å². The number of H-pyrrole nitrogens is 1. The fraction of sp³-hybridized carbons (Fsp3) is 0.455. The van der Waals surface area contributed by atoms with Gasteiger partial charge in [0.2, 0.25) is 0 Å². The second-order valence-corrected chi connectivity index (χ2v) is 4.19. The molecule has 1 aliphatic rings. The number of halogens is 1. The zero-order chi connectivity index (χ0) is 11.0. The monoisotopic (exact) mass is 220 g/mol. The molecule has 0 aliphatic carbocycles. The van der Waals surface area contributed by atoms with Crippen LogP contribution in [0, 0.1) is 5.82 Å². The van der Waals surface area contributed by atoms with Crippen LogP contribution in [0.1, 0.15) is 24.6 Å². The average molecular weight is 220 g/mol. The highest BCUT2D eigenvalue weighted by Crippen LogP contribution is 2.22. The van der Waals surface area contributed by atoms with Crippen molar-refractivity contribution in [3.05, 3.63) is 23.9 Å². The van der Waals surface area contributed by atoms with Gasteiger partial charge in [-0.25, -0.2) is 14.4 Å². The first kappa shape index (κ1) is 9.72. The van der Waals surface area contributed by atoms with E-state index in [0.717, 1.165) is 31.8 Å². The van der Waals surface area contributed by atoms with Crippen molar-refractivity contribution in [1.82, 2.24) is 20.3 Å². The minimum atomic E-state index is -0.340. The van der Waals surface area contributed by atoms with E-state index in [2.05, 4.69) is 20.3 Å². The summed E-state index contributed by atoms with van der Waals surface area (Å²) in [6.07, 6.45) is 3.49. The maximum atomic E-state index is 13.0. The molecule has 1 unspecified atom stereocenters. The van der Waals surface area contributed by atoms with Gasteiger partial charge in [0.15, 0.2) is 5.65 Å².